The Morgan fingerprint density at radius 2 is 1.79 bits per heavy atom. The van der Waals surface area contributed by atoms with Gasteiger partial charge < -0.3 is 10.1 Å². The van der Waals surface area contributed by atoms with Crippen molar-refractivity contribution in [2.75, 3.05) is 26.3 Å². The van der Waals surface area contributed by atoms with Gasteiger partial charge in [-0.05, 0) is 50.9 Å². The van der Waals surface area contributed by atoms with E-state index in [1.54, 1.807) is 0 Å². The fraction of sp³-hybridized carbons (Fsp3) is 0.650. The molecule has 1 aromatic rings. The molecular weight excluding hydrogens is 300 g/mol. The molecular formula is C20H34N2O2. The summed E-state index contributed by atoms with van der Waals surface area (Å²) in [6, 6.07) is 8.45. The van der Waals surface area contributed by atoms with Gasteiger partial charge in [-0.25, -0.2) is 0 Å². The van der Waals surface area contributed by atoms with Gasteiger partial charge in [-0.1, -0.05) is 32.4 Å². The van der Waals surface area contributed by atoms with Crippen molar-refractivity contribution in [3.8, 4) is 0 Å². The van der Waals surface area contributed by atoms with Crippen molar-refractivity contribution < 1.29 is 9.53 Å². The van der Waals surface area contributed by atoms with Crippen LogP contribution in [0.2, 0.25) is 0 Å². The first-order chi connectivity index (χ1) is 11.6. The Kier molecular flexibility index (Phi) is 10.4. The van der Waals surface area contributed by atoms with Crippen LogP contribution in [-0.2, 0) is 11.3 Å². The van der Waals surface area contributed by atoms with Crippen LogP contribution in [0.1, 0.15) is 62.9 Å². The van der Waals surface area contributed by atoms with Crippen molar-refractivity contribution in [1.29, 1.82) is 0 Å². The van der Waals surface area contributed by atoms with Gasteiger partial charge in [0.15, 0.2) is 0 Å². The van der Waals surface area contributed by atoms with E-state index >= 15 is 0 Å². The summed E-state index contributed by atoms with van der Waals surface area (Å²) in [7, 11) is 0. The quantitative estimate of drug-likeness (QED) is 0.590. The maximum absolute atomic E-state index is 12.1. The Morgan fingerprint density at radius 3 is 2.38 bits per heavy atom. The second kappa shape index (κ2) is 12.0. The summed E-state index contributed by atoms with van der Waals surface area (Å²) in [6.07, 6.45) is 3.11. The van der Waals surface area contributed by atoms with Crippen molar-refractivity contribution in [2.24, 2.45) is 0 Å². The number of nitrogens with zero attached hydrogens (tertiary/aromatic N) is 1. The SMILES string of the molecule is CCCCOCCCNC(=O)c1ccc(CN(CC)C(C)C)cc1. The van der Waals surface area contributed by atoms with E-state index in [1.165, 1.54) is 5.56 Å². The summed E-state index contributed by atoms with van der Waals surface area (Å²) in [5.41, 5.74) is 1.96. The first-order valence-corrected chi connectivity index (χ1v) is 9.27. The topological polar surface area (TPSA) is 41.6 Å². The predicted octanol–water partition coefficient (Wildman–Crippen LogP) is 3.85. The van der Waals surface area contributed by atoms with Crippen LogP contribution in [-0.4, -0.2) is 43.2 Å². The van der Waals surface area contributed by atoms with Crippen molar-refractivity contribution in [3.05, 3.63) is 35.4 Å². The van der Waals surface area contributed by atoms with Crippen LogP contribution < -0.4 is 5.32 Å². The predicted molar refractivity (Wildman–Crippen MR) is 100 cm³/mol. The number of amides is 1. The van der Waals surface area contributed by atoms with E-state index in [1.807, 2.05) is 24.3 Å². The van der Waals surface area contributed by atoms with E-state index in [9.17, 15) is 4.79 Å². The first kappa shape index (κ1) is 20.7. The number of carbonyl (C=O) groups excluding carboxylic acids is 1. The molecule has 1 rings (SSSR count). The van der Waals surface area contributed by atoms with E-state index in [0.29, 0.717) is 19.2 Å². The highest BCUT2D eigenvalue weighted by molar-refractivity contribution is 5.94. The molecule has 0 aliphatic heterocycles. The molecule has 0 aliphatic carbocycles. The fourth-order valence-corrected chi connectivity index (χ4v) is 2.48. The lowest BCUT2D eigenvalue weighted by Gasteiger charge is -2.24. The summed E-state index contributed by atoms with van der Waals surface area (Å²) in [6.45, 7) is 12.9. The zero-order valence-electron chi connectivity index (χ0n) is 15.8. The molecule has 0 saturated carbocycles. The highest BCUT2D eigenvalue weighted by Gasteiger charge is 2.09. The fourth-order valence-electron chi connectivity index (χ4n) is 2.48. The largest absolute Gasteiger partial charge is 0.381 e. The summed E-state index contributed by atoms with van der Waals surface area (Å²) < 4.78 is 5.49. The van der Waals surface area contributed by atoms with E-state index in [2.05, 4.69) is 37.9 Å². The third-order valence-corrected chi connectivity index (χ3v) is 4.13. The minimum absolute atomic E-state index is 0.00804. The van der Waals surface area contributed by atoms with E-state index in [0.717, 1.165) is 44.5 Å². The summed E-state index contributed by atoms with van der Waals surface area (Å²) >= 11 is 0. The van der Waals surface area contributed by atoms with E-state index in [-0.39, 0.29) is 5.91 Å². The van der Waals surface area contributed by atoms with Gasteiger partial charge in [-0.2, -0.15) is 0 Å². The van der Waals surface area contributed by atoms with Crippen molar-refractivity contribution in [3.63, 3.8) is 0 Å². The second-order valence-corrected chi connectivity index (χ2v) is 6.43. The zero-order valence-corrected chi connectivity index (χ0v) is 15.8. The van der Waals surface area contributed by atoms with Gasteiger partial charge >= 0.3 is 0 Å². The molecule has 0 bridgehead atoms. The zero-order chi connectivity index (χ0) is 17.8. The van der Waals surface area contributed by atoms with Crippen molar-refractivity contribution in [2.45, 2.75) is 59.5 Å². The summed E-state index contributed by atoms with van der Waals surface area (Å²) in [5.74, 6) is -0.00804. The van der Waals surface area contributed by atoms with Crippen molar-refractivity contribution >= 4 is 5.91 Å². The lowest BCUT2D eigenvalue weighted by molar-refractivity contribution is 0.0940. The molecule has 4 heteroatoms. The Bertz CT molecular complexity index is 457. The van der Waals surface area contributed by atoms with Gasteiger partial charge in [0, 0.05) is 37.9 Å². The van der Waals surface area contributed by atoms with Crippen LogP contribution in [0.25, 0.3) is 0 Å². The Morgan fingerprint density at radius 1 is 1.12 bits per heavy atom. The lowest BCUT2D eigenvalue weighted by Crippen LogP contribution is -2.30. The third kappa shape index (κ3) is 7.93. The number of nitrogens with one attached hydrogen (secondary N) is 1. The van der Waals surface area contributed by atoms with Gasteiger partial charge in [-0.3, -0.25) is 9.69 Å². The third-order valence-electron chi connectivity index (χ3n) is 4.13. The van der Waals surface area contributed by atoms with Crippen molar-refractivity contribution in [1.82, 2.24) is 10.2 Å². The molecule has 0 radical (unpaired) electrons. The van der Waals surface area contributed by atoms with Gasteiger partial charge in [0.1, 0.15) is 0 Å². The highest BCUT2D eigenvalue weighted by Crippen LogP contribution is 2.10. The van der Waals surface area contributed by atoms with Gasteiger partial charge in [0.05, 0.1) is 0 Å². The molecule has 24 heavy (non-hydrogen) atoms. The monoisotopic (exact) mass is 334 g/mol. The summed E-state index contributed by atoms with van der Waals surface area (Å²) in [5, 5.41) is 2.95. The van der Waals surface area contributed by atoms with Crippen LogP contribution in [0.3, 0.4) is 0 Å². The number of benzene rings is 1. The molecule has 0 fully saturated rings. The maximum atomic E-state index is 12.1. The molecule has 0 atom stereocenters. The molecule has 136 valence electrons. The number of unbranched alkanes of at least 4 members (excludes halogenated alkanes) is 1. The lowest BCUT2D eigenvalue weighted by atomic mass is 10.1. The minimum Gasteiger partial charge on any atom is -0.381 e. The molecule has 0 spiro atoms. The van der Waals surface area contributed by atoms with Crippen LogP contribution in [0.15, 0.2) is 24.3 Å². The molecule has 1 amide bonds. The van der Waals surface area contributed by atoms with E-state index in [4.69, 9.17) is 4.74 Å². The molecule has 0 saturated heterocycles. The Balaban J connectivity index is 2.33. The highest BCUT2D eigenvalue weighted by atomic mass is 16.5. The van der Waals surface area contributed by atoms with Gasteiger partial charge in [-0.15, -0.1) is 0 Å². The number of hydrogen-bond donors (Lipinski definition) is 1. The molecule has 1 N–H and O–H groups in total. The van der Waals surface area contributed by atoms with Crippen LogP contribution in [0.5, 0.6) is 0 Å². The van der Waals surface area contributed by atoms with Gasteiger partial charge in [0.25, 0.3) is 5.91 Å². The van der Waals surface area contributed by atoms with Crippen LogP contribution >= 0.6 is 0 Å². The van der Waals surface area contributed by atoms with Gasteiger partial charge in [0.2, 0.25) is 0 Å². The molecule has 4 nitrogen and oxygen atoms in total. The van der Waals surface area contributed by atoms with Crippen LogP contribution in [0.4, 0.5) is 0 Å². The second-order valence-electron chi connectivity index (χ2n) is 6.43. The first-order valence-electron chi connectivity index (χ1n) is 9.27. The van der Waals surface area contributed by atoms with E-state index < -0.39 is 0 Å². The number of carbonyl (C=O) groups is 1. The number of hydrogen-bond acceptors (Lipinski definition) is 3. The standard InChI is InChI=1S/C20H34N2O2/c1-5-7-14-24-15-8-13-21-20(23)19-11-9-18(10-12-19)16-22(6-2)17(3)4/h9-12,17H,5-8,13-16H2,1-4H3,(H,21,23). The van der Waals surface area contributed by atoms with Crippen LogP contribution in [0, 0.1) is 0 Å². The normalized spacial score (nSPS) is 11.2. The number of ether oxygens (including phenoxy) is 1. The number of rotatable bonds is 12. The molecule has 0 aromatic heterocycles. The Labute approximate surface area is 147 Å². The minimum atomic E-state index is -0.00804. The molecule has 1 aromatic carbocycles. The Hall–Kier alpha value is -1.39. The molecule has 0 aliphatic rings. The average molecular weight is 335 g/mol. The maximum Gasteiger partial charge on any atom is 0.251 e. The molecule has 0 heterocycles. The summed E-state index contributed by atoms with van der Waals surface area (Å²) in [4.78, 5) is 14.5. The average Bonchev–Trinajstić information content (AvgIpc) is 2.59. The smallest absolute Gasteiger partial charge is 0.251 e. The molecule has 0 unspecified atom stereocenters.